The van der Waals surface area contributed by atoms with Crippen molar-refractivity contribution in [1.82, 2.24) is 5.32 Å². The summed E-state index contributed by atoms with van der Waals surface area (Å²) in [6.45, 7) is 2.83. The number of benzene rings is 1. The molecule has 1 aliphatic rings. The van der Waals surface area contributed by atoms with Gasteiger partial charge in [-0.05, 0) is 23.8 Å². The third-order valence-corrected chi connectivity index (χ3v) is 3.13. The highest BCUT2D eigenvalue weighted by Crippen LogP contribution is 2.36. The molecule has 0 spiro atoms. The largest absolute Gasteiger partial charge is 0.487 e. The Morgan fingerprint density at radius 3 is 3.00 bits per heavy atom. The summed E-state index contributed by atoms with van der Waals surface area (Å²) in [7, 11) is 1.69. The fourth-order valence-electron chi connectivity index (χ4n) is 1.79. The Morgan fingerprint density at radius 2 is 2.22 bits per heavy atom. The van der Waals surface area contributed by atoms with Gasteiger partial charge in [-0.15, -0.1) is 0 Å². The van der Waals surface area contributed by atoms with Crippen LogP contribution >= 0.6 is 23.2 Å². The molecule has 0 fully saturated rings. The zero-order valence-electron chi connectivity index (χ0n) is 10.1. The Morgan fingerprint density at radius 1 is 1.39 bits per heavy atom. The van der Waals surface area contributed by atoms with Gasteiger partial charge in [-0.25, -0.2) is 0 Å². The Balaban J connectivity index is 2.05. The molecule has 98 valence electrons. The standard InChI is InChI=1S/C13H15Cl2NO2/c1-17-3-2-16-7-9-4-10-5-11(14)6-12(15)13(10)18-8-9/h4-6,16H,2-3,7-8H2,1H3. The first kappa shape index (κ1) is 13.7. The Bertz CT molecular complexity index is 461. The molecule has 1 heterocycles. The second-order valence-corrected chi connectivity index (χ2v) is 4.91. The Hall–Kier alpha value is -0.740. The molecule has 1 aromatic rings. The molecule has 5 heteroatoms. The van der Waals surface area contributed by atoms with E-state index in [-0.39, 0.29) is 0 Å². The zero-order chi connectivity index (χ0) is 13.0. The van der Waals surface area contributed by atoms with Gasteiger partial charge in [0.1, 0.15) is 12.4 Å². The number of methoxy groups -OCH3 is 1. The minimum Gasteiger partial charge on any atom is -0.487 e. The van der Waals surface area contributed by atoms with E-state index in [1.54, 1.807) is 13.2 Å². The number of ether oxygens (including phenoxy) is 2. The number of halogens is 2. The van der Waals surface area contributed by atoms with E-state index < -0.39 is 0 Å². The molecule has 18 heavy (non-hydrogen) atoms. The van der Waals surface area contributed by atoms with Crippen molar-refractivity contribution in [2.24, 2.45) is 0 Å². The molecular weight excluding hydrogens is 273 g/mol. The molecule has 0 atom stereocenters. The molecule has 0 radical (unpaired) electrons. The fraction of sp³-hybridized carbons (Fsp3) is 0.385. The van der Waals surface area contributed by atoms with Gasteiger partial charge < -0.3 is 14.8 Å². The quantitative estimate of drug-likeness (QED) is 0.845. The maximum absolute atomic E-state index is 6.07. The van der Waals surface area contributed by atoms with Gasteiger partial charge in [-0.3, -0.25) is 0 Å². The molecular formula is C13H15Cl2NO2. The van der Waals surface area contributed by atoms with E-state index in [0.717, 1.165) is 24.2 Å². The lowest BCUT2D eigenvalue weighted by Gasteiger charge is -2.19. The van der Waals surface area contributed by atoms with Crippen molar-refractivity contribution < 1.29 is 9.47 Å². The van der Waals surface area contributed by atoms with Crippen LogP contribution in [0.15, 0.2) is 17.7 Å². The van der Waals surface area contributed by atoms with Crippen LogP contribution in [0.4, 0.5) is 0 Å². The monoisotopic (exact) mass is 287 g/mol. The van der Waals surface area contributed by atoms with Crippen LogP contribution < -0.4 is 10.1 Å². The van der Waals surface area contributed by atoms with Gasteiger partial charge in [0.05, 0.1) is 11.6 Å². The molecule has 0 aliphatic carbocycles. The number of rotatable bonds is 5. The summed E-state index contributed by atoms with van der Waals surface area (Å²) in [6.07, 6.45) is 2.07. The predicted octanol–water partition coefficient (Wildman–Crippen LogP) is 3.01. The SMILES string of the molecule is COCCNCC1=Cc2cc(Cl)cc(Cl)c2OC1. The molecule has 0 saturated heterocycles. The normalized spacial score (nSPS) is 13.8. The Labute approximate surface area is 117 Å². The molecule has 0 bridgehead atoms. The maximum Gasteiger partial charge on any atom is 0.145 e. The van der Waals surface area contributed by atoms with Crippen molar-refractivity contribution in [3.05, 3.63) is 33.3 Å². The number of nitrogens with one attached hydrogen (secondary N) is 1. The van der Waals surface area contributed by atoms with Crippen molar-refractivity contribution in [2.75, 3.05) is 33.4 Å². The highest BCUT2D eigenvalue weighted by molar-refractivity contribution is 6.36. The molecule has 1 aromatic carbocycles. The summed E-state index contributed by atoms with van der Waals surface area (Å²) in [5, 5.41) is 4.45. The van der Waals surface area contributed by atoms with Crippen LogP contribution in [0.3, 0.4) is 0 Å². The minimum atomic E-state index is 0.550. The highest BCUT2D eigenvalue weighted by Gasteiger charge is 2.15. The van der Waals surface area contributed by atoms with Crippen LogP contribution in [-0.2, 0) is 4.74 Å². The van der Waals surface area contributed by atoms with Crippen LogP contribution in [0.25, 0.3) is 6.08 Å². The first-order chi connectivity index (χ1) is 8.70. The van der Waals surface area contributed by atoms with E-state index in [0.29, 0.717) is 29.0 Å². The van der Waals surface area contributed by atoms with Gasteiger partial charge in [0.15, 0.2) is 0 Å². The third kappa shape index (κ3) is 3.39. The molecule has 3 nitrogen and oxygen atoms in total. The van der Waals surface area contributed by atoms with Gasteiger partial charge in [0.2, 0.25) is 0 Å². The predicted molar refractivity (Wildman–Crippen MR) is 74.7 cm³/mol. The topological polar surface area (TPSA) is 30.5 Å². The summed E-state index contributed by atoms with van der Waals surface area (Å²) in [5.41, 5.74) is 2.10. The van der Waals surface area contributed by atoms with E-state index in [1.165, 1.54) is 0 Å². The summed E-state index contributed by atoms with van der Waals surface area (Å²) in [5.74, 6) is 0.710. The van der Waals surface area contributed by atoms with E-state index in [1.807, 2.05) is 6.07 Å². The Kier molecular flexibility index (Phi) is 4.89. The van der Waals surface area contributed by atoms with Gasteiger partial charge >= 0.3 is 0 Å². The summed E-state index contributed by atoms with van der Waals surface area (Å²) < 4.78 is 10.6. The zero-order valence-corrected chi connectivity index (χ0v) is 11.6. The van der Waals surface area contributed by atoms with Crippen LogP contribution in [0, 0.1) is 0 Å². The van der Waals surface area contributed by atoms with Crippen LogP contribution in [0.2, 0.25) is 10.0 Å². The second-order valence-electron chi connectivity index (χ2n) is 4.07. The van der Waals surface area contributed by atoms with Gasteiger partial charge in [0.25, 0.3) is 0 Å². The van der Waals surface area contributed by atoms with Crippen LogP contribution in [0.1, 0.15) is 5.56 Å². The average Bonchev–Trinajstić information content (AvgIpc) is 2.34. The summed E-state index contributed by atoms with van der Waals surface area (Å²) >= 11 is 12.0. The molecule has 0 amide bonds. The first-order valence-corrected chi connectivity index (χ1v) is 6.47. The summed E-state index contributed by atoms with van der Waals surface area (Å²) in [4.78, 5) is 0. The van der Waals surface area contributed by atoms with Crippen LogP contribution in [-0.4, -0.2) is 33.4 Å². The highest BCUT2D eigenvalue weighted by atomic mass is 35.5. The molecule has 2 rings (SSSR count). The molecule has 1 aliphatic heterocycles. The van der Waals surface area contributed by atoms with Crippen molar-refractivity contribution in [3.8, 4) is 5.75 Å². The number of hydrogen-bond donors (Lipinski definition) is 1. The second kappa shape index (κ2) is 6.43. The number of fused-ring (bicyclic) bond motifs is 1. The molecule has 1 N–H and O–H groups in total. The lowest BCUT2D eigenvalue weighted by atomic mass is 10.1. The van der Waals surface area contributed by atoms with E-state index in [2.05, 4.69) is 11.4 Å². The molecule has 0 saturated carbocycles. The number of hydrogen-bond acceptors (Lipinski definition) is 3. The van der Waals surface area contributed by atoms with Gasteiger partial charge in [-0.1, -0.05) is 23.2 Å². The van der Waals surface area contributed by atoms with Crippen molar-refractivity contribution >= 4 is 29.3 Å². The maximum atomic E-state index is 6.07. The van der Waals surface area contributed by atoms with Crippen LogP contribution in [0.5, 0.6) is 5.75 Å². The van der Waals surface area contributed by atoms with E-state index in [4.69, 9.17) is 32.7 Å². The summed E-state index contributed by atoms with van der Waals surface area (Å²) in [6, 6.07) is 3.55. The van der Waals surface area contributed by atoms with Crippen molar-refractivity contribution in [2.45, 2.75) is 0 Å². The van der Waals surface area contributed by atoms with E-state index >= 15 is 0 Å². The smallest absolute Gasteiger partial charge is 0.145 e. The van der Waals surface area contributed by atoms with Crippen molar-refractivity contribution in [1.29, 1.82) is 0 Å². The minimum absolute atomic E-state index is 0.550. The molecule has 0 aromatic heterocycles. The average molecular weight is 288 g/mol. The van der Waals surface area contributed by atoms with E-state index in [9.17, 15) is 0 Å². The lowest BCUT2D eigenvalue weighted by Crippen LogP contribution is -2.24. The van der Waals surface area contributed by atoms with Gasteiger partial charge in [0, 0.05) is 30.8 Å². The third-order valence-electron chi connectivity index (χ3n) is 2.63. The van der Waals surface area contributed by atoms with Crippen molar-refractivity contribution in [3.63, 3.8) is 0 Å². The first-order valence-electron chi connectivity index (χ1n) is 5.71. The molecule has 0 unspecified atom stereocenters. The van der Waals surface area contributed by atoms with Gasteiger partial charge in [-0.2, -0.15) is 0 Å². The lowest BCUT2D eigenvalue weighted by molar-refractivity contribution is 0.200. The fourth-order valence-corrected chi connectivity index (χ4v) is 2.36.